The summed E-state index contributed by atoms with van der Waals surface area (Å²) in [5.41, 5.74) is 0.219. The van der Waals surface area contributed by atoms with E-state index >= 15 is 0 Å². The van der Waals surface area contributed by atoms with Gasteiger partial charge in [0.1, 0.15) is 0 Å². The highest BCUT2D eigenvalue weighted by Crippen LogP contribution is 2.32. The molecular formula is C24H25N3O6S. The quantitative estimate of drug-likeness (QED) is 0.354. The largest absolute Gasteiger partial charge is 0.477 e. The van der Waals surface area contributed by atoms with Gasteiger partial charge in [0.25, 0.3) is 5.91 Å². The molecule has 178 valence electrons. The molecule has 0 radical (unpaired) electrons. The summed E-state index contributed by atoms with van der Waals surface area (Å²) in [6.45, 7) is 2.56. The number of benzene rings is 3. The summed E-state index contributed by atoms with van der Waals surface area (Å²) < 4.78 is 32.4. The molecule has 0 aromatic heterocycles. The number of carbonyl (C=O) groups excluding carboxylic acids is 1. The van der Waals surface area contributed by atoms with Gasteiger partial charge in [0.05, 0.1) is 15.5 Å². The fraction of sp³-hybridized carbons (Fsp3) is 0.292. The molecule has 0 N–H and O–H groups in total. The van der Waals surface area contributed by atoms with Crippen LogP contribution in [0.1, 0.15) is 19.8 Å². The molecule has 9 nitrogen and oxygen atoms in total. The van der Waals surface area contributed by atoms with Crippen LogP contribution < -0.4 is 9.64 Å². The third-order valence-corrected chi connectivity index (χ3v) is 7.75. The van der Waals surface area contributed by atoms with E-state index in [0.717, 1.165) is 35.4 Å². The Hall–Kier alpha value is -3.50. The van der Waals surface area contributed by atoms with Crippen LogP contribution in [-0.2, 0) is 14.8 Å². The average Bonchev–Trinajstić information content (AvgIpc) is 3.39. The van der Waals surface area contributed by atoms with Crippen molar-refractivity contribution < 1.29 is 22.9 Å². The second kappa shape index (κ2) is 9.78. The SMILES string of the molecule is CCN(C(=O)COc1ccc(S(=O)(=O)N2CCCC2)cc1[N+](=O)[O-])c1cccc2ccccc12. The van der Waals surface area contributed by atoms with E-state index < -0.39 is 27.2 Å². The van der Waals surface area contributed by atoms with Crippen molar-refractivity contribution in [1.29, 1.82) is 0 Å². The number of nitrogens with zero attached hydrogens (tertiary/aromatic N) is 3. The minimum Gasteiger partial charge on any atom is -0.477 e. The van der Waals surface area contributed by atoms with Gasteiger partial charge in [0, 0.05) is 31.1 Å². The molecule has 1 aliphatic rings. The van der Waals surface area contributed by atoms with Crippen molar-refractivity contribution in [2.45, 2.75) is 24.7 Å². The number of anilines is 1. The summed E-state index contributed by atoms with van der Waals surface area (Å²) in [6.07, 6.45) is 1.52. The van der Waals surface area contributed by atoms with Gasteiger partial charge in [0.15, 0.2) is 12.4 Å². The van der Waals surface area contributed by atoms with Gasteiger partial charge in [-0.05, 0) is 43.4 Å². The van der Waals surface area contributed by atoms with Crippen molar-refractivity contribution in [1.82, 2.24) is 4.31 Å². The van der Waals surface area contributed by atoms with Crippen molar-refractivity contribution in [3.63, 3.8) is 0 Å². The lowest BCUT2D eigenvalue weighted by atomic mass is 10.1. The van der Waals surface area contributed by atoms with Crippen LogP contribution in [0.3, 0.4) is 0 Å². The van der Waals surface area contributed by atoms with E-state index in [1.807, 2.05) is 49.4 Å². The summed E-state index contributed by atoms with van der Waals surface area (Å²) in [5, 5.41) is 13.5. The molecule has 3 aromatic carbocycles. The number of nitro groups is 1. The van der Waals surface area contributed by atoms with Crippen LogP contribution in [0, 0.1) is 10.1 Å². The summed E-state index contributed by atoms with van der Waals surface area (Å²) in [6, 6.07) is 16.8. The van der Waals surface area contributed by atoms with Gasteiger partial charge in [-0.15, -0.1) is 0 Å². The van der Waals surface area contributed by atoms with Gasteiger partial charge in [-0.1, -0.05) is 36.4 Å². The molecular weight excluding hydrogens is 458 g/mol. The predicted molar refractivity (Wildman–Crippen MR) is 129 cm³/mol. The smallest absolute Gasteiger partial charge is 0.312 e. The zero-order valence-corrected chi connectivity index (χ0v) is 19.5. The first kappa shape index (κ1) is 23.7. The number of hydrogen-bond acceptors (Lipinski definition) is 6. The molecule has 0 saturated carbocycles. The van der Waals surface area contributed by atoms with Crippen LogP contribution in [0.5, 0.6) is 5.75 Å². The number of likely N-dealkylation sites (N-methyl/N-ethyl adjacent to an activating group) is 1. The van der Waals surface area contributed by atoms with Gasteiger partial charge in [0.2, 0.25) is 10.0 Å². The van der Waals surface area contributed by atoms with Gasteiger partial charge >= 0.3 is 5.69 Å². The first-order chi connectivity index (χ1) is 16.3. The number of amides is 1. The summed E-state index contributed by atoms with van der Waals surface area (Å²) in [5.74, 6) is -0.533. The second-order valence-corrected chi connectivity index (χ2v) is 9.86. The number of nitro benzene ring substituents is 1. The Morgan fingerprint density at radius 2 is 1.79 bits per heavy atom. The maximum atomic E-state index is 13.0. The van der Waals surface area contributed by atoms with Gasteiger partial charge in [-0.2, -0.15) is 4.31 Å². The molecule has 0 bridgehead atoms. The topological polar surface area (TPSA) is 110 Å². The number of rotatable bonds is 8. The van der Waals surface area contributed by atoms with E-state index in [4.69, 9.17) is 4.74 Å². The van der Waals surface area contributed by atoms with E-state index in [0.29, 0.717) is 19.6 Å². The highest BCUT2D eigenvalue weighted by Gasteiger charge is 2.30. The highest BCUT2D eigenvalue weighted by molar-refractivity contribution is 7.89. The molecule has 10 heteroatoms. The van der Waals surface area contributed by atoms with Crippen LogP contribution in [-0.4, -0.2) is 49.8 Å². The van der Waals surface area contributed by atoms with Crippen molar-refractivity contribution >= 4 is 38.1 Å². The third-order valence-electron chi connectivity index (χ3n) is 5.86. The van der Waals surface area contributed by atoms with Crippen LogP contribution in [0.4, 0.5) is 11.4 Å². The summed E-state index contributed by atoms with van der Waals surface area (Å²) in [7, 11) is -3.82. The minimum atomic E-state index is -3.82. The predicted octanol–water partition coefficient (Wildman–Crippen LogP) is 3.96. The summed E-state index contributed by atoms with van der Waals surface area (Å²) >= 11 is 0. The maximum Gasteiger partial charge on any atom is 0.312 e. The molecule has 1 amide bonds. The third kappa shape index (κ3) is 4.59. The van der Waals surface area contributed by atoms with Gasteiger partial charge in [-0.3, -0.25) is 14.9 Å². The first-order valence-electron chi connectivity index (χ1n) is 11.0. The van der Waals surface area contributed by atoms with Gasteiger partial charge < -0.3 is 9.64 Å². The molecule has 0 atom stereocenters. The second-order valence-electron chi connectivity index (χ2n) is 7.92. The minimum absolute atomic E-state index is 0.160. The molecule has 1 aliphatic heterocycles. The van der Waals surface area contributed by atoms with E-state index in [-0.39, 0.29) is 16.6 Å². The number of hydrogen-bond donors (Lipinski definition) is 0. The Kier molecular flexibility index (Phi) is 6.80. The van der Waals surface area contributed by atoms with Crippen molar-refractivity contribution in [2.75, 3.05) is 31.1 Å². The van der Waals surface area contributed by atoms with E-state index in [2.05, 4.69) is 0 Å². The lowest BCUT2D eigenvalue weighted by Gasteiger charge is -2.23. The first-order valence-corrected chi connectivity index (χ1v) is 12.5. The molecule has 0 spiro atoms. The number of ether oxygens (including phenoxy) is 1. The van der Waals surface area contributed by atoms with Crippen molar-refractivity contribution in [3.8, 4) is 5.75 Å². The molecule has 3 aromatic rings. The Labute approximate surface area is 197 Å². The highest BCUT2D eigenvalue weighted by atomic mass is 32.2. The van der Waals surface area contributed by atoms with Crippen LogP contribution in [0.25, 0.3) is 10.8 Å². The molecule has 1 saturated heterocycles. The van der Waals surface area contributed by atoms with Crippen LogP contribution >= 0.6 is 0 Å². The van der Waals surface area contributed by atoms with Gasteiger partial charge in [-0.25, -0.2) is 8.42 Å². The van der Waals surface area contributed by atoms with E-state index in [1.165, 1.54) is 16.4 Å². The molecule has 0 aliphatic carbocycles. The fourth-order valence-electron chi connectivity index (χ4n) is 4.14. The molecule has 4 rings (SSSR count). The standard InChI is InChI=1S/C24H25N3O6S/c1-2-26(21-11-7-9-18-8-3-4-10-20(18)21)24(28)17-33-23-13-12-19(16-22(23)27(29)30)34(31,32)25-14-5-6-15-25/h3-4,7-13,16H,2,5-6,14-15,17H2,1H3. The Morgan fingerprint density at radius 1 is 1.09 bits per heavy atom. The molecule has 1 heterocycles. The maximum absolute atomic E-state index is 13.0. The monoisotopic (exact) mass is 483 g/mol. The number of sulfonamides is 1. The van der Waals surface area contributed by atoms with Crippen LogP contribution in [0.2, 0.25) is 0 Å². The molecule has 34 heavy (non-hydrogen) atoms. The molecule has 0 unspecified atom stereocenters. The fourth-order valence-corrected chi connectivity index (χ4v) is 5.68. The van der Waals surface area contributed by atoms with E-state index in [1.54, 1.807) is 4.90 Å². The van der Waals surface area contributed by atoms with Crippen molar-refractivity contribution in [2.24, 2.45) is 0 Å². The summed E-state index contributed by atoms with van der Waals surface area (Å²) in [4.78, 5) is 25.3. The Morgan fingerprint density at radius 3 is 2.50 bits per heavy atom. The lowest BCUT2D eigenvalue weighted by Crippen LogP contribution is -2.35. The van der Waals surface area contributed by atoms with Crippen molar-refractivity contribution in [3.05, 3.63) is 70.8 Å². The van der Waals surface area contributed by atoms with E-state index in [9.17, 15) is 23.3 Å². The Bertz CT molecular complexity index is 1330. The van der Waals surface area contributed by atoms with Crippen LogP contribution in [0.15, 0.2) is 65.6 Å². The normalized spacial score (nSPS) is 14.3. The Balaban J connectivity index is 1.56. The zero-order chi connectivity index (χ0) is 24.3. The average molecular weight is 484 g/mol. The number of fused-ring (bicyclic) bond motifs is 1. The lowest BCUT2D eigenvalue weighted by molar-refractivity contribution is -0.386. The molecule has 1 fully saturated rings. The zero-order valence-electron chi connectivity index (χ0n) is 18.7. The number of carbonyl (C=O) groups is 1.